The molecule has 206 valence electrons. The highest BCUT2D eigenvalue weighted by Crippen LogP contribution is 2.28. The lowest BCUT2D eigenvalue weighted by Gasteiger charge is -2.12. The average molecular weight is 503 g/mol. The molecule has 0 radical (unpaired) electrons. The second-order valence-corrected chi connectivity index (χ2v) is 10.4. The number of benzene rings is 1. The predicted octanol–water partition coefficient (Wildman–Crippen LogP) is 9.83. The lowest BCUT2D eigenvalue weighted by Crippen LogP contribution is -2.12. The summed E-state index contributed by atoms with van der Waals surface area (Å²) in [6.07, 6.45) is 19.7. The molecule has 1 aromatic rings. The molecule has 36 heavy (non-hydrogen) atoms. The van der Waals surface area contributed by atoms with E-state index in [1.54, 1.807) is 24.3 Å². The molecular formula is C32H54O4. The van der Waals surface area contributed by atoms with Crippen LogP contribution in [0.3, 0.4) is 0 Å². The van der Waals surface area contributed by atoms with Crippen LogP contribution in [0, 0.1) is 11.8 Å². The number of unbranched alkanes of at least 4 members (excludes halogenated alkanes) is 8. The Bertz CT molecular complexity index is 632. The molecule has 1 rings (SSSR count). The van der Waals surface area contributed by atoms with E-state index < -0.39 is 0 Å². The molecule has 4 heteroatoms. The molecule has 1 aromatic carbocycles. The fraction of sp³-hybridized carbons (Fsp3) is 0.750. The Kier molecular flexibility index (Phi) is 19.0. The largest absolute Gasteiger partial charge is 0.423 e. The Labute approximate surface area is 221 Å². The van der Waals surface area contributed by atoms with Gasteiger partial charge in [0.2, 0.25) is 0 Å². The zero-order chi connectivity index (χ0) is 26.4. The molecular weight excluding hydrogens is 448 g/mol. The molecule has 0 unspecified atom stereocenters. The van der Waals surface area contributed by atoms with E-state index in [1.165, 1.54) is 77.0 Å². The van der Waals surface area contributed by atoms with Gasteiger partial charge in [0.15, 0.2) is 11.5 Å². The quantitative estimate of drug-likeness (QED) is 0.0899. The van der Waals surface area contributed by atoms with Gasteiger partial charge in [-0.05, 0) is 36.8 Å². The van der Waals surface area contributed by atoms with Crippen LogP contribution >= 0.6 is 0 Å². The number of hydrogen-bond donors (Lipinski definition) is 0. The molecule has 0 heterocycles. The maximum absolute atomic E-state index is 12.3. The summed E-state index contributed by atoms with van der Waals surface area (Å²) in [5, 5.41) is 0. The molecule has 0 saturated carbocycles. The highest BCUT2D eigenvalue weighted by molar-refractivity contribution is 5.76. The topological polar surface area (TPSA) is 52.6 Å². The first-order chi connectivity index (χ1) is 17.5. The van der Waals surface area contributed by atoms with E-state index in [0.717, 1.165) is 37.5 Å². The van der Waals surface area contributed by atoms with E-state index in [-0.39, 0.29) is 11.9 Å². The van der Waals surface area contributed by atoms with Crippen molar-refractivity contribution in [2.75, 3.05) is 0 Å². The van der Waals surface area contributed by atoms with Crippen molar-refractivity contribution in [2.45, 2.75) is 143 Å². The predicted molar refractivity (Wildman–Crippen MR) is 150 cm³/mol. The number of hydrogen-bond acceptors (Lipinski definition) is 4. The van der Waals surface area contributed by atoms with Crippen molar-refractivity contribution in [3.05, 3.63) is 24.3 Å². The average Bonchev–Trinajstić information content (AvgIpc) is 2.88. The Hall–Kier alpha value is -1.84. The Balaban J connectivity index is 2.22. The second-order valence-electron chi connectivity index (χ2n) is 10.4. The fourth-order valence-corrected chi connectivity index (χ4v) is 4.83. The molecule has 0 aliphatic carbocycles. The fourth-order valence-electron chi connectivity index (χ4n) is 4.83. The van der Waals surface area contributed by atoms with Gasteiger partial charge in [0.25, 0.3) is 0 Å². The smallest absolute Gasteiger partial charge is 0.311 e. The summed E-state index contributed by atoms with van der Waals surface area (Å²) in [5.74, 6) is 1.88. The second kappa shape index (κ2) is 21.3. The van der Waals surface area contributed by atoms with E-state index in [0.29, 0.717) is 24.3 Å². The summed E-state index contributed by atoms with van der Waals surface area (Å²) in [4.78, 5) is 24.6. The van der Waals surface area contributed by atoms with Crippen LogP contribution in [-0.4, -0.2) is 11.9 Å². The number of carbonyl (C=O) groups is 2. The number of ether oxygens (including phenoxy) is 2. The van der Waals surface area contributed by atoms with Gasteiger partial charge in [0.05, 0.1) is 0 Å². The zero-order valence-corrected chi connectivity index (χ0v) is 23.8. The monoisotopic (exact) mass is 502 g/mol. The minimum absolute atomic E-state index is 0.260. The van der Waals surface area contributed by atoms with Gasteiger partial charge < -0.3 is 9.47 Å². The molecule has 0 aromatic heterocycles. The van der Waals surface area contributed by atoms with Crippen LogP contribution in [0.1, 0.15) is 143 Å². The van der Waals surface area contributed by atoms with Gasteiger partial charge in [0, 0.05) is 12.8 Å². The van der Waals surface area contributed by atoms with Crippen LogP contribution in [-0.2, 0) is 9.59 Å². The summed E-state index contributed by atoms with van der Waals surface area (Å²) < 4.78 is 11.1. The normalized spacial score (nSPS) is 11.3. The Morgan fingerprint density at radius 3 is 1.25 bits per heavy atom. The standard InChI is InChI=1S/C32H54O4/c1-5-27(6-2)21-15-11-9-13-17-25-31(33)35-29-23-19-20-24-30(29)36-32(34)26-18-14-10-12-16-22-28(7-3)8-4/h19-20,23-24,27-28H,5-18,21-22,25-26H2,1-4H3. The molecule has 0 spiro atoms. The minimum Gasteiger partial charge on any atom is -0.423 e. The molecule has 0 bridgehead atoms. The minimum atomic E-state index is -0.260. The first-order valence-electron chi connectivity index (χ1n) is 15.0. The molecule has 0 fully saturated rings. The number of para-hydroxylation sites is 2. The third kappa shape index (κ3) is 15.3. The van der Waals surface area contributed by atoms with Crippen LogP contribution in [0.2, 0.25) is 0 Å². The van der Waals surface area contributed by atoms with Crippen LogP contribution in [0.4, 0.5) is 0 Å². The van der Waals surface area contributed by atoms with Gasteiger partial charge in [-0.3, -0.25) is 9.59 Å². The highest BCUT2D eigenvalue weighted by atomic mass is 16.6. The van der Waals surface area contributed by atoms with E-state index in [1.807, 2.05) is 0 Å². The summed E-state index contributed by atoms with van der Waals surface area (Å²) in [6.45, 7) is 9.10. The number of carbonyl (C=O) groups excluding carboxylic acids is 2. The van der Waals surface area contributed by atoms with Gasteiger partial charge in [0.1, 0.15) is 0 Å². The first-order valence-corrected chi connectivity index (χ1v) is 15.0. The summed E-state index contributed by atoms with van der Waals surface area (Å²) in [7, 11) is 0. The number of esters is 2. The van der Waals surface area contributed by atoms with E-state index in [9.17, 15) is 9.59 Å². The van der Waals surface area contributed by atoms with Gasteiger partial charge >= 0.3 is 11.9 Å². The Morgan fingerprint density at radius 2 is 0.889 bits per heavy atom. The molecule has 0 atom stereocenters. The highest BCUT2D eigenvalue weighted by Gasteiger charge is 2.13. The first kappa shape index (κ1) is 32.2. The van der Waals surface area contributed by atoms with Crippen LogP contribution in [0.25, 0.3) is 0 Å². The SMILES string of the molecule is CCC(CC)CCCCCCCC(=O)Oc1ccccc1OC(=O)CCCCCCCC(CC)CC. The van der Waals surface area contributed by atoms with Crippen LogP contribution in [0.15, 0.2) is 24.3 Å². The summed E-state index contributed by atoms with van der Waals surface area (Å²) in [6, 6.07) is 6.97. The lowest BCUT2D eigenvalue weighted by atomic mass is 9.96. The summed E-state index contributed by atoms with van der Waals surface area (Å²) in [5.41, 5.74) is 0. The third-order valence-corrected chi connectivity index (χ3v) is 7.59. The van der Waals surface area contributed by atoms with Gasteiger partial charge in [-0.2, -0.15) is 0 Å². The van der Waals surface area contributed by atoms with Crippen molar-refractivity contribution in [1.82, 2.24) is 0 Å². The molecule has 4 nitrogen and oxygen atoms in total. The van der Waals surface area contributed by atoms with Crippen LogP contribution < -0.4 is 9.47 Å². The maximum Gasteiger partial charge on any atom is 0.311 e. The zero-order valence-electron chi connectivity index (χ0n) is 23.8. The van der Waals surface area contributed by atoms with E-state index >= 15 is 0 Å². The molecule has 0 aliphatic heterocycles. The van der Waals surface area contributed by atoms with Crippen molar-refractivity contribution < 1.29 is 19.1 Å². The lowest BCUT2D eigenvalue weighted by molar-refractivity contribution is -0.137. The third-order valence-electron chi connectivity index (χ3n) is 7.59. The van der Waals surface area contributed by atoms with Crippen LogP contribution in [0.5, 0.6) is 11.5 Å². The van der Waals surface area contributed by atoms with Crippen molar-refractivity contribution in [3.8, 4) is 11.5 Å². The summed E-state index contributed by atoms with van der Waals surface area (Å²) >= 11 is 0. The van der Waals surface area contributed by atoms with Crippen molar-refractivity contribution in [2.24, 2.45) is 11.8 Å². The number of rotatable bonds is 22. The molecule has 0 N–H and O–H groups in total. The maximum atomic E-state index is 12.3. The van der Waals surface area contributed by atoms with Gasteiger partial charge in [-0.1, -0.05) is 130 Å². The van der Waals surface area contributed by atoms with Crippen molar-refractivity contribution in [1.29, 1.82) is 0 Å². The van der Waals surface area contributed by atoms with Crippen molar-refractivity contribution >= 4 is 11.9 Å². The molecule has 0 amide bonds. The van der Waals surface area contributed by atoms with E-state index in [2.05, 4.69) is 27.7 Å². The van der Waals surface area contributed by atoms with Gasteiger partial charge in [-0.25, -0.2) is 0 Å². The Morgan fingerprint density at radius 1 is 0.556 bits per heavy atom. The molecule has 0 saturated heterocycles. The van der Waals surface area contributed by atoms with Crippen molar-refractivity contribution in [3.63, 3.8) is 0 Å². The van der Waals surface area contributed by atoms with E-state index in [4.69, 9.17) is 9.47 Å². The molecule has 0 aliphatic rings. The van der Waals surface area contributed by atoms with Gasteiger partial charge in [-0.15, -0.1) is 0 Å².